The van der Waals surface area contributed by atoms with Gasteiger partial charge in [-0.2, -0.15) is 5.10 Å². The molecule has 1 N–H and O–H groups in total. The number of rotatable bonds is 3. The fraction of sp³-hybridized carbons (Fsp3) is 0. The molecule has 0 unspecified atom stereocenters. The topological polar surface area (TPSA) is 46.9 Å². The van der Waals surface area contributed by atoms with Crippen molar-refractivity contribution in [2.24, 2.45) is 0 Å². The van der Waals surface area contributed by atoms with Crippen molar-refractivity contribution in [3.8, 4) is 5.69 Å². The molecule has 20 heavy (non-hydrogen) atoms. The molecule has 1 amide bonds. The van der Waals surface area contributed by atoms with Crippen LogP contribution in [-0.4, -0.2) is 15.7 Å². The molecule has 4 nitrogen and oxygen atoms in total. The lowest BCUT2D eigenvalue weighted by molar-refractivity contribution is 0.102. The lowest BCUT2D eigenvalue weighted by atomic mass is 10.2. The summed E-state index contributed by atoms with van der Waals surface area (Å²) in [4.78, 5) is 12.1. The summed E-state index contributed by atoms with van der Waals surface area (Å²) in [5.41, 5.74) is 2.35. The third kappa shape index (κ3) is 2.91. The second kappa shape index (κ2) is 5.76. The van der Waals surface area contributed by atoms with Gasteiger partial charge < -0.3 is 5.32 Å². The van der Waals surface area contributed by atoms with Gasteiger partial charge in [-0.1, -0.05) is 6.07 Å². The first-order chi connectivity index (χ1) is 9.72. The highest BCUT2D eigenvalue weighted by Crippen LogP contribution is 2.19. The van der Waals surface area contributed by atoms with Gasteiger partial charge in [-0.3, -0.25) is 4.79 Å². The van der Waals surface area contributed by atoms with E-state index in [0.29, 0.717) is 5.56 Å². The van der Waals surface area contributed by atoms with Crippen LogP contribution in [0.25, 0.3) is 5.69 Å². The van der Waals surface area contributed by atoms with Gasteiger partial charge in [0.05, 0.1) is 14.1 Å². The lowest BCUT2D eigenvalue weighted by Crippen LogP contribution is -2.11. The van der Waals surface area contributed by atoms with Gasteiger partial charge in [-0.05, 0) is 52.9 Å². The monoisotopic (exact) mass is 395 g/mol. The Morgan fingerprint density at radius 2 is 2.20 bits per heavy atom. The number of benzene rings is 1. The number of nitrogens with zero attached hydrogens (tertiary/aromatic N) is 2. The Kier molecular flexibility index (Phi) is 3.83. The molecule has 2 aromatic heterocycles. The highest BCUT2D eigenvalue weighted by Gasteiger charge is 2.08. The van der Waals surface area contributed by atoms with E-state index in [9.17, 15) is 4.79 Å². The maximum Gasteiger partial charge on any atom is 0.256 e. The summed E-state index contributed by atoms with van der Waals surface area (Å²) in [7, 11) is 0. The van der Waals surface area contributed by atoms with Gasteiger partial charge in [0.2, 0.25) is 0 Å². The fourth-order valence-electron chi connectivity index (χ4n) is 1.78. The second-order valence-corrected chi connectivity index (χ2v) is 6.90. The van der Waals surface area contributed by atoms with Crippen molar-refractivity contribution in [2.45, 2.75) is 0 Å². The summed E-state index contributed by atoms with van der Waals surface area (Å²) in [6.07, 6.45) is 3.58. The van der Waals surface area contributed by atoms with Crippen molar-refractivity contribution < 1.29 is 4.79 Å². The highest BCUT2D eigenvalue weighted by molar-refractivity contribution is 14.1. The Morgan fingerprint density at radius 3 is 2.90 bits per heavy atom. The van der Waals surface area contributed by atoms with Gasteiger partial charge in [0, 0.05) is 23.5 Å². The first kappa shape index (κ1) is 13.3. The zero-order chi connectivity index (χ0) is 13.9. The van der Waals surface area contributed by atoms with E-state index >= 15 is 0 Å². The lowest BCUT2D eigenvalue weighted by Gasteiger charge is -2.06. The number of hydrogen-bond acceptors (Lipinski definition) is 3. The molecule has 0 saturated carbocycles. The molecule has 100 valence electrons. The number of thiophene rings is 1. The number of amides is 1. The minimum absolute atomic E-state index is 0.0956. The third-order valence-corrected chi connectivity index (χ3v) is 4.49. The second-order valence-electron chi connectivity index (χ2n) is 4.09. The Labute approximate surface area is 133 Å². The van der Waals surface area contributed by atoms with E-state index in [1.165, 1.54) is 0 Å². The molecule has 0 aliphatic heterocycles. The molecule has 2 heterocycles. The van der Waals surface area contributed by atoms with Crippen molar-refractivity contribution >= 4 is 45.5 Å². The fourth-order valence-corrected chi connectivity index (χ4v) is 3.11. The van der Waals surface area contributed by atoms with Crippen LogP contribution in [0, 0.1) is 2.88 Å². The summed E-state index contributed by atoms with van der Waals surface area (Å²) in [5.74, 6) is -0.0956. The summed E-state index contributed by atoms with van der Waals surface area (Å²) in [5, 5.41) is 8.93. The van der Waals surface area contributed by atoms with Gasteiger partial charge >= 0.3 is 0 Å². The summed E-state index contributed by atoms with van der Waals surface area (Å²) >= 11 is 3.76. The minimum Gasteiger partial charge on any atom is -0.322 e. The average Bonchev–Trinajstić information content (AvgIpc) is 3.10. The predicted octanol–water partition coefficient (Wildman–Crippen LogP) is 3.79. The molecule has 0 aliphatic rings. The van der Waals surface area contributed by atoms with Crippen LogP contribution >= 0.6 is 33.9 Å². The zero-order valence-electron chi connectivity index (χ0n) is 10.3. The van der Waals surface area contributed by atoms with Crippen molar-refractivity contribution in [1.82, 2.24) is 9.78 Å². The smallest absolute Gasteiger partial charge is 0.256 e. The number of carbonyl (C=O) groups excluding carboxylic acids is 1. The number of hydrogen-bond donors (Lipinski definition) is 1. The van der Waals surface area contributed by atoms with Crippen LogP contribution in [0.4, 0.5) is 5.69 Å². The van der Waals surface area contributed by atoms with Crippen LogP contribution in [-0.2, 0) is 0 Å². The van der Waals surface area contributed by atoms with Gasteiger partial charge in [-0.15, -0.1) is 11.3 Å². The molecule has 0 aliphatic carbocycles. The first-order valence-corrected chi connectivity index (χ1v) is 7.84. The molecule has 0 saturated heterocycles. The molecule has 0 spiro atoms. The van der Waals surface area contributed by atoms with Crippen LogP contribution in [0.2, 0.25) is 0 Å². The van der Waals surface area contributed by atoms with Crippen molar-refractivity contribution in [3.63, 3.8) is 0 Å². The van der Waals surface area contributed by atoms with Crippen LogP contribution in [0.1, 0.15) is 10.4 Å². The maximum atomic E-state index is 12.1. The Morgan fingerprint density at radius 1 is 1.30 bits per heavy atom. The highest BCUT2D eigenvalue weighted by atomic mass is 127. The maximum absolute atomic E-state index is 12.1. The molecule has 0 radical (unpaired) electrons. The van der Waals surface area contributed by atoms with Gasteiger partial charge in [0.25, 0.3) is 5.91 Å². The number of nitrogens with one attached hydrogen (secondary N) is 1. The van der Waals surface area contributed by atoms with E-state index in [1.54, 1.807) is 22.2 Å². The minimum atomic E-state index is -0.0956. The average molecular weight is 395 g/mol. The van der Waals surface area contributed by atoms with E-state index in [1.807, 2.05) is 48.0 Å². The molecule has 3 aromatic rings. The van der Waals surface area contributed by atoms with E-state index in [-0.39, 0.29) is 5.91 Å². The van der Waals surface area contributed by atoms with E-state index in [2.05, 4.69) is 33.0 Å². The molecule has 1 aromatic carbocycles. The molecule has 3 rings (SSSR count). The molecular weight excluding hydrogens is 385 g/mol. The molecule has 0 atom stereocenters. The van der Waals surface area contributed by atoms with Crippen molar-refractivity contribution in [3.05, 3.63) is 62.6 Å². The Balaban J connectivity index is 1.81. The molecule has 0 fully saturated rings. The van der Waals surface area contributed by atoms with Crippen LogP contribution in [0.5, 0.6) is 0 Å². The summed E-state index contributed by atoms with van der Waals surface area (Å²) in [6.45, 7) is 0. The van der Waals surface area contributed by atoms with E-state index < -0.39 is 0 Å². The van der Waals surface area contributed by atoms with Crippen LogP contribution in [0.15, 0.2) is 54.2 Å². The van der Waals surface area contributed by atoms with Gasteiger partial charge in [0.15, 0.2) is 0 Å². The summed E-state index contributed by atoms with van der Waals surface area (Å²) in [6, 6.07) is 11.3. The van der Waals surface area contributed by atoms with E-state index in [0.717, 1.165) is 14.3 Å². The zero-order valence-corrected chi connectivity index (χ0v) is 13.3. The molecule has 6 heteroatoms. The number of halogens is 1. The Hall–Kier alpha value is -1.67. The van der Waals surface area contributed by atoms with Crippen molar-refractivity contribution in [1.29, 1.82) is 0 Å². The van der Waals surface area contributed by atoms with Gasteiger partial charge in [0.1, 0.15) is 0 Å². The van der Waals surface area contributed by atoms with E-state index in [4.69, 9.17) is 0 Å². The predicted molar refractivity (Wildman–Crippen MR) is 88.6 cm³/mol. The summed E-state index contributed by atoms with van der Waals surface area (Å²) < 4.78 is 2.85. The standard InChI is InChI=1S/C14H10IN3OS/c15-13-7-10(9-20-13)14(19)17-11-3-1-4-12(8-11)18-6-2-5-16-18/h1-9H,(H,17,19). The van der Waals surface area contributed by atoms with Gasteiger partial charge in [-0.25, -0.2) is 4.68 Å². The number of carbonyl (C=O) groups is 1. The van der Waals surface area contributed by atoms with Crippen molar-refractivity contribution in [2.75, 3.05) is 5.32 Å². The van der Waals surface area contributed by atoms with Crippen LogP contribution in [0.3, 0.4) is 0 Å². The molecular formula is C14H10IN3OS. The molecule has 0 bridgehead atoms. The SMILES string of the molecule is O=C(Nc1cccc(-n2cccn2)c1)c1csc(I)c1. The number of anilines is 1. The first-order valence-electron chi connectivity index (χ1n) is 5.88. The normalized spacial score (nSPS) is 10.4. The Bertz CT molecular complexity index is 736. The van der Waals surface area contributed by atoms with Crippen LogP contribution < -0.4 is 5.32 Å². The largest absolute Gasteiger partial charge is 0.322 e. The third-order valence-electron chi connectivity index (χ3n) is 2.70. The quantitative estimate of drug-likeness (QED) is 0.686. The number of aromatic nitrogens is 2.